The third-order valence-corrected chi connectivity index (χ3v) is 6.67. The largest absolute Gasteiger partial charge is 0.489 e. The summed E-state index contributed by atoms with van der Waals surface area (Å²) in [7, 11) is 0. The Labute approximate surface area is 218 Å². The number of halogens is 1. The van der Waals surface area contributed by atoms with Crippen molar-refractivity contribution in [1.82, 2.24) is 0 Å². The predicted molar refractivity (Wildman–Crippen MR) is 143 cm³/mol. The van der Waals surface area contributed by atoms with Gasteiger partial charge in [-0.2, -0.15) is 0 Å². The van der Waals surface area contributed by atoms with Crippen molar-refractivity contribution in [3.05, 3.63) is 88.7 Å². The molecular formula is C31H36FNO4. The lowest BCUT2D eigenvalue weighted by atomic mass is 9.94. The van der Waals surface area contributed by atoms with Crippen LogP contribution in [0.25, 0.3) is 11.1 Å². The maximum absolute atomic E-state index is 15.4. The Morgan fingerprint density at radius 1 is 1.14 bits per heavy atom. The van der Waals surface area contributed by atoms with E-state index in [4.69, 9.17) is 19.9 Å². The highest BCUT2D eigenvalue weighted by molar-refractivity contribution is 5.73. The third-order valence-electron chi connectivity index (χ3n) is 6.67. The fraction of sp³-hybridized carbons (Fsp3) is 0.387. The molecule has 37 heavy (non-hydrogen) atoms. The van der Waals surface area contributed by atoms with Crippen LogP contribution in [-0.4, -0.2) is 25.3 Å². The van der Waals surface area contributed by atoms with Gasteiger partial charge in [0.25, 0.3) is 0 Å². The van der Waals surface area contributed by atoms with E-state index < -0.39 is 6.04 Å². The summed E-state index contributed by atoms with van der Waals surface area (Å²) in [4.78, 5) is 12.0. The summed E-state index contributed by atoms with van der Waals surface area (Å²) in [6, 6.07) is 18.6. The van der Waals surface area contributed by atoms with Gasteiger partial charge in [0.15, 0.2) is 0 Å². The van der Waals surface area contributed by atoms with Crippen LogP contribution in [0.2, 0.25) is 0 Å². The Balaban J connectivity index is 1.60. The van der Waals surface area contributed by atoms with Gasteiger partial charge < -0.3 is 19.9 Å². The molecule has 4 rings (SSSR count). The average Bonchev–Trinajstić information content (AvgIpc) is 3.41. The summed E-state index contributed by atoms with van der Waals surface area (Å²) < 4.78 is 32.5. The van der Waals surface area contributed by atoms with Crippen LogP contribution in [0.4, 0.5) is 4.39 Å². The Morgan fingerprint density at radius 3 is 2.70 bits per heavy atom. The van der Waals surface area contributed by atoms with E-state index in [-0.39, 0.29) is 30.9 Å². The van der Waals surface area contributed by atoms with Gasteiger partial charge in [-0.3, -0.25) is 4.79 Å². The van der Waals surface area contributed by atoms with Crippen LogP contribution < -0.4 is 10.5 Å². The van der Waals surface area contributed by atoms with Gasteiger partial charge in [0.05, 0.1) is 19.1 Å². The molecule has 3 aromatic carbocycles. The Morgan fingerprint density at radius 2 is 1.95 bits per heavy atom. The number of hydrogen-bond donors (Lipinski definition) is 1. The second-order valence-corrected chi connectivity index (χ2v) is 9.59. The van der Waals surface area contributed by atoms with Crippen molar-refractivity contribution < 1.29 is 23.4 Å². The average molecular weight is 506 g/mol. The second kappa shape index (κ2) is 12.8. The van der Waals surface area contributed by atoms with Crippen molar-refractivity contribution in [1.29, 1.82) is 0 Å². The standard InChI is InChI=1S/C31H36FNO4/c1-3-35-30(34)19-24-8-4-5-12-29(24)37-20-23-16-22(13-14-26-9-7-15-36-26)17-25(18-23)28-11-6-10-27(21(2)33)31(28)32/h4-6,8,10-12,16-18,21,26H,3,7,9,13-15,19-20,33H2,1-2H3/t21-,26-/m1/s1. The Hall–Kier alpha value is -3.22. The zero-order valence-corrected chi connectivity index (χ0v) is 21.7. The molecule has 0 amide bonds. The topological polar surface area (TPSA) is 70.8 Å². The summed E-state index contributed by atoms with van der Waals surface area (Å²) in [5.74, 6) is 0.0499. The molecule has 2 N–H and O–H groups in total. The van der Waals surface area contributed by atoms with Crippen LogP contribution in [0.15, 0.2) is 60.7 Å². The highest BCUT2D eigenvalue weighted by Crippen LogP contribution is 2.31. The van der Waals surface area contributed by atoms with E-state index in [9.17, 15) is 4.79 Å². The van der Waals surface area contributed by atoms with E-state index in [0.29, 0.717) is 23.5 Å². The van der Waals surface area contributed by atoms with Gasteiger partial charge in [0.1, 0.15) is 18.2 Å². The first kappa shape index (κ1) is 26.8. The number of hydrogen-bond acceptors (Lipinski definition) is 5. The number of aryl methyl sites for hydroxylation is 1. The Kier molecular flexibility index (Phi) is 9.31. The normalized spacial score (nSPS) is 15.9. The van der Waals surface area contributed by atoms with Crippen molar-refractivity contribution in [3.63, 3.8) is 0 Å². The van der Waals surface area contributed by atoms with Crippen molar-refractivity contribution in [2.45, 2.75) is 64.7 Å². The van der Waals surface area contributed by atoms with Gasteiger partial charge in [-0.05, 0) is 68.4 Å². The molecule has 1 aliphatic rings. The third kappa shape index (κ3) is 7.18. The molecule has 1 aliphatic heterocycles. The van der Waals surface area contributed by atoms with Gasteiger partial charge in [-0.15, -0.1) is 0 Å². The van der Waals surface area contributed by atoms with E-state index in [1.807, 2.05) is 36.4 Å². The maximum atomic E-state index is 15.4. The molecule has 0 radical (unpaired) electrons. The van der Waals surface area contributed by atoms with Crippen LogP contribution in [0.3, 0.4) is 0 Å². The lowest BCUT2D eigenvalue weighted by Gasteiger charge is -2.16. The summed E-state index contributed by atoms with van der Waals surface area (Å²) in [6.07, 6.45) is 4.36. The van der Waals surface area contributed by atoms with E-state index >= 15 is 4.39 Å². The molecule has 3 aromatic rings. The fourth-order valence-electron chi connectivity index (χ4n) is 4.79. The number of rotatable bonds is 11. The molecule has 2 atom stereocenters. The molecule has 0 spiro atoms. The van der Waals surface area contributed by atoms with Crippen LogP contribution in [0.5, 0.6) is 5.75 Å². The first-order chi connectivity index (χ1) is 17.9. The molecule has 5 nitrogen and oxygen atoms in total. The van der Waals surface area contributed by atoms with Crippen molar-refractivity contribution >= 4 is 5.97 Å². The zero-order valence-electron chi connectivity index (χ0n) is 21.7. The second-order valence-electron chi connectivity index (χ2n) is 9.59. The molecule has 0 aliphatic carbocycles. The van der Waals surface area contributed by atoms with Gasteiger partial charge in [-0.25, -0.2) is 4.39 Å². The summed E-state index contributed by atoms with van der Waals surface area (Å²) in [6.45, 7) is 5.02. The van der Waals surface area contributed by atoms with E-state index in [1.54, 1.807) is 26.0 Å². The van der Waals surface area contributed by atoms with Crippen molar-refractivity contribution in [2.24, 2.45) is 5.73 Å². The molecule has 0 unspecified atom stereocenters. The number of para-hydroxylation sites is 1. The highest BCUT2D eigenvalue weighted by atomic mass is 19.1. The Bertz CT molecular complexity index is 1200. The monoisotopic (exact) mass is 505 g/mol. The lowest BCUT2D eigenvalue weighted by Crippen LogP contribution is -2.09. The van der Waals surface area contributed by atoms with E-state index in [0.717, 1.165) is 54.5 Å². The molecule has 6 heteroatoms. The number of esters is 1. The summed E-state index contributed by atoms with van der Waals surface area (Å²) in [5.41, 5.74) is 10.6. The smallest absolute Gasteiger partial charge is 0.310 e. The minimum atomic E-state index is -0.402. The fourth-order valence-corrected chi connectivity index (χ4v) is 4.79. The SMILES string of the molecule is CCOC(=O)Cc1ccccc1OCc1cc(CC[C@H]2CCCO2)cc(-c2cccc([C@@H](C)N)c2F)c1. The van der Waals surface area contributed by atoms with Gasteiger partial charge in [0, 0.05) is 29.3 Å². The van der Waals surface area contributed by atoms with E-state index in [2.05, 4.69) is 12.1 Å². The van der Waals surface area contributed by atoms with Gasteiger partial charge in [-0.1, -0.05) is 48.5 Å². The number of carbonyl (C=O) groups excluding carboxylic acids is 1. The van der Waals surface area contributed by atoms with Crippen LogP contribution in [0.1, 0.15) is 61.4 Å². The molecule has 1 saturated heterocycles. The van der Waals surface area contributed by atoms with Crippen LogP contribution >= 0.6 is 0 Å². The molecule has 196 valence electrons. The molecule has 1 heterocycles. The van der Waals surface area contributed by atoms with E-state index in [1.165, 1.54) is 0 Å². The number of ether oxygens (including phenoxy) is 3. The first-order valence-corrected chi connectivity index (χ1v) is 13.1. The number of benzene rings is 3. The maximum Gasteiger partial charge on any atom is 0.310 e. The van der Waals surface area contributed by atoms with Crippen molar-refractivity contribution in [3.8, 4) is 16.9 Å². The van der Waals surface area contributed by atoms with Crippen LogP contribution in [0, 0.1) is 5.82 Å². The molecule has 1 fully saturated rings. The molecule has 0 aromatic heterocycles. The van der Waals surface area contributed by atoms with Gasteiger partial charge >= 0.3 is 5.97 Å². The number of nitrogens with two attached hydrogens (primary N) is 1. The minimum absolute atomic E-state index is 0.145. The highest BCUT2D eigenvalue weighted by Gasteiger charge is 2.18. The summed E-state index contributed by atoms with van der Waals surface area (Å²) >= 11 is 0. The molecule has 0 bridgehead atoms. The predicted octanol–water partition coefficient (Wildman–Crippen LogP) is 6.31. The quantitative estimate of drug-likeness (QED) is 0.309. The molecular weight excluding hydrogens is 469 g/mol. The van der Waals surface area contributed by atoms with Crippen LogP contribution in [-0.2, 0) is 33.7 Å². The van der Waals surface area contributed by atoms with Crippen molar-refractivity contribution in [2.75, 3.05) is 13.2 Å². The van der Waals surface area contributed by atoms with Gasteiger partial charge in [0.2, 0.25) is 0 Å². The first-order valence-electron chi connectivity index (χ1n) is 13.1. The zero-order chi connectivity index (χ0) is 26.2. The summed E-state index contributed by atoms with van der Waals surface area (Å²) in [5, 5.41) is 0. The number of carbonyl (C=O) groups is 1. The molecule has 0 saturated carbocycles. The lowest BCUT2D eigenvalue weighted by molar-refractivity contribution is -0.142. The minimum Gasteiger partial charge on any atom is -0.489 e.